The maximum Gasteiger partial charge on any atom is 0.159 e. The minimum Gasteiger partial charge on any atom is -0.454 e. The molecule has 2 aromatic heterocycles. The molecule has 3 nitrogen and oxygen atoms in total. The van der Waals surface area contributed by atoms with Crippen LogP contribution >= 0.6 is 0 Å². The molecule has 0 aliphatic rings. The van der Waals surface area contributed by atoms with Crippen molar-refractivity contribution in [2.75, 3.05) is 4.90 Å². The van der Waals surface area contributed by atoms with Crippen LogP contribution in [0.3, 0.4) is 0 Å². The first-order chi connectivity index (χ1) is 25.3. The molecule has 8 aromatic carbocycles. The lowest BCUT2D eigenvalue weighted by Crippen LogP contribution is -2.12. The van der Waals surface area contributed by atoms with Crippen LogP contribution in [0, 0.1) is 0 Å². The van der Waals surface area contributed by atoms with Crippen LogP contribution < -0.4 is 4.90 Å². The van der Waals surface area contributed by atoms with Crippen LogP contribution in [0.5, 0.6) is 0 Å². The Hall–Kier alpha value is -6.84. The topological polar surface area (TPSA) is 21.3 Å². The fourth-order valence-corrected chi connectivity index (χ4v) is 7.75. The van der Waals surface area contributed by atoms with Crippen LogP contribution in [0.2, 0.25) is 0 Å². The summed E-state index contributed by atoms with van der Waals surface area (Å²) in [6.45, 7) is 0. The van der Waals surface area contributed by atoms with Crippen molar-refractivity contribution in [3.63, 3.8) is 0 Å². The minimum atomic E-state index is 0.855. The molecule has 240 valence electrons. The number of anilines is 3. The van der Waals surface area contributed by atoms with Crippen LogP contribution in [-0.4, -0.2) is 4.57 Å². The number of fused-ring (bicyclic) bond motifs is 6. The summed E-state index contributed by atoms with van der Waals surface area (Å²) in [5.74, 6) is 0. The van der Waals surface area contributed by atoms with Crippen molar-refractivity contribution in [2.45, 2.75) is 0 Å². The number of aromatic nitrogens is 1. The van der Waals surface area contributed by atoms with Gasteiger partial charge in [0.2, 0.25) is 0 Å². The summed E-state index contributed by atoms with van der Waals surface area (Å²) in [4.78, 5) is 2.38. The van der Waals surface area contributed by atoms with E-state index in [-0.39, 0.29) is 0 Å². The molecule has 0 N–H and O–H groups in total. The summed E-state index contributed by atoms with van der Waals surface area (Å²) < 4.78 is 9.11. The van der Waals surface area contributed by atoms with Crippen molar-refractivity contribution in [3.8, 4) is 27.9 Å². The van der Waals surface area contributed by atoms with Crippen LogP contribution in [0.4, 0.5) is 17.1 Å². The Morgan fingerprint density at radius 2 is 1.00 bits per heavy atom. The molecule has 0 fully saturated rings. The van der Waals surface area contributed by atoms with Gasteiger partial charge in [-0.2, -0.15) is 0 Å². The summed E-state index contributed by atoms with van der Waals surface area (Å²) >= 11 is 0. The van der Waals surface area contributed by atoms with Crippen LogP contribution in [0.15, 0.2) is 199 Å². The average Bonchev–Trinajstić information content (AvgIpc) is 3.75. The maximum atomic E-state index is 6.73. The van der Waals surface area contributed by atoms with Gasteiger partial charge in [-0.3, -0.25) is 0 Å². The summed E-state index contributed by atoms with van der Waals surface area (Å²) in [7, 11) is 0. The monoisotopic (exact) mass is 652 g/mol. The number of nitrogens with zero attached hydrogens (tertiary/aromatic N) is 2. The second-order valence-electron chi connectivity index (χ2n) is 12.9. The second-order valence-corrected chi connectivity index (χ2v) is 12.9. The highest BCUT2D eigenvalue weighted by atomic mass is 16.3. The van der Waals surface area contributed by atoms with Crippen molar-refractivity contribution >= 4 is 60.8 Å². The lowest BCUT2D eigenvalue weighted by atomic mass is 9.93. The zero-order chi connectivity index (χ0) is 33.7. The predicted octanol–water partition coefficient (Wildman–Crippen LogP) is 13.5. The van der Waals surface area contributed by atoms with E-state index in [0.29, 0.717) is 0 Å². The molecule has 51 heavy (non-hydrogen) atoms. The molecule has 0 atom stereocenters. The van der Waals surface area contributed by atoms with Crippen LogP contribution in [-0.2, 0) is 0 Å². The number of rotatable bonds is 6. The quantitative estimate of drug-likeness (QED) is 0.178. The molecule has 0 amide bonds. The highest BCUT2D eigenvalue weighted by molar-refractivity contribution is 6.13. The van der Waals surface area contributed by atoms with E-state index in [1.54, 1.807) is 0 Å². The first-order valence-corrected chi connectivity index (χ1v) is 17.4. The second kappa shape index (κ2) is 11.9. The zero-order valence-corrected chi connectivity index (χ0v) is 27.8. The van der Waals surface area contributed by atoms with E-state index in [9.17, 15) is 0 Å². The molecule has 10 rings (SSSR count). The van der Waals surface area contributed by atoms with Gasteiger partial charge in [-0.25, -0.2) is 0 Å². The highest BCUT2D eigenvalue weighted by Gasteiger charge is 2.24. The molecular weight excluding hydrogens is 621 g/mol. The van der Waals surface area contributed by atoms with E-state index < -0.39 is 0 Å². The van der Waals surface area contributed by atoms with Gasteiger partial charge in [-0.05, 0) is 65.2 Å². The third-order valence-corrected chi connectivity index (χ3v) is 10.0. The molecule has 0 bridgehead atoms. The maximum absolute atomic E-state index is 6.73. The van der Waals surface area contributed by atoms with Crippen molar-refractivity contribution in [2.24, 2.45) is 0 Å². The van der Waals surface area contributed by atoms with Crippen molar-refractivity contribution in [3.05, 3.63) is 194 Å². The highest BCUT2D eigenvalue weighted by Crippen LogP contribution is 2.47. The Kier molecular flexibility index (Phi) is 6.81. The van der Waals surface area contributed by atoms with Gasteiger partial charge in [0.1, 0.15) is 5.58 Å². The predicted molar refractivity (Wildman–Crippen MR) is 214 cm³/mol. The van der Waals surface area contributed by atoms with Gasteiger partial charge in [0.25, 0.3) is 0 Å². The van der Waals surface area contributed by atoms with E-state index in [0.717, 1.165) is 55.8 Å². The molecule has 3 heteroatoms. The van der Waals surface area contributed by atoms with Crippen LogP contribution in [0.25, 0.3) is 71.7 Å². The minimum absolute atomic E-state index is 0.855. The lowest BCUT2D eigenvalue weighted by molar-refractivity contribution is 0.669. The number of hydrogen-bond donors (Lipinski definition) is 0. The van der Waals surface area contributed by atoms with E-state index in [1.165, 1.54) is 33.0 Å². The fourth-order valence-electron chi connectivity index (χ4n) is 7.75. The number of furan rings is 1. The molecule has 0 radical (unpaired) electrons. The first-order valence-electron chi connectivity index (χ1n) is 17.4. The Bertz CT molecular complexity index is 2860. The van der Waals surface area contributed by atoms with E-state index in [2.05, 4.69) is 198 Å². The third-order valence-electron chi connectivity index (χ3n) is 10.0. The van der Waals surface area contributed by atoms with Gasteiger partial charge >= 0.3 is 0 Å². The molecule has 0 spiro atoms. The van der Waals surface area contributed by atoms with Crippen molar-refractivity contribution in [1.82, 2.24) is 4.57 Å². The largest absolute Gasteiger partial charge is 0.454 e. The third kappa shape index (κ3) is 4.74. The molecular formula is C48H32N2O. The molecule has 0 saturated carbocycles. The number of para-hydroxylation sites is 5. The average molecular weight is 653 g/mol. The van der Waals surface area contributed by atoms with Crippen LogP contribution in [0.1, 0.15) is 0 Å². The number of hydrogen-bond acceptors (Lipinski definition) is 2. The molecule has 0 unspecified atom stereocenters. The zero-order valence-electron chi connectivity index (χ0n) is 27.8. The molecule has 2 heterocycles. The molecule has 0 aliphatic heterocycles. The summed E-state index contributed by atoms with van der Waals surface area (Å²) in [6.07, 6.45) is 0. The fraction of sp³-hybridized carbons (Fsp3) is 0. The van der Waals surface area contributed by atoms with E-state index >= 15 is 0 Å². The van der Waals surface area contributed by atoms with Gasteiger partial charge < -0.3 is 13.9 Å². The van der Waals surface area contributed by atoms with E-state index in [4.69, 9.17) is 4.42 Å². The van der Waals surface area contributed by atoms with E-state index in [1.807, 2.05) is 6.07 Å². The lowest BCUT2D eigenvalue weighted by Gasteiger charge is -2.28. The Labute approximate surface area is 295 Å². The Morgan fingerprint density at radius 1 is 0.392 bits per heavy atom. The Morgan fingerprint density at radius 3 is 1.84 bits per heavy atom. The molecule has 0 saturated heterocycles. The standard InChI is InChI=1S/C48H32N2O/c1-3-16-33(17-4-1)36-20-7-8-21-37(36)38-22-9-12-26-43(38)50(45-28-15-25-42-41-24-11-14-29-47(41)51-48(42)45)35-30-31-40-39-23-10-13-27-44(39)49(46(40)32-35)34-18-5-2-6-19-34/h1-32H. The SMILES string of the molecule is c1ccc(-c2ccccc2-c2ccccc2N(c2ccc3c4ccccc4n(-c4ccccc4)c3c2)c2cccc3c2oc2ccccc23)cc1. The first kappa shape index (κ1) is 29.1. The summed E-state index contributed by atoms with van der Waals surface area (Å²) in [5.41, 5.74) is 12.9. The summed E-state index contributed by atoms with van der Waals surface area (Å²) in [6, 6.07) is 69.1. The smallest absolute Gasteiger partial charge is 0.159 e. The van der Waals surface area contributed by atoms with Gasteiger partial charge in [-0.15, -0.1) is 0 Å². The van der Waals surface area contributed by atoms with Gasteiger partial charge in [0, 0.05) is 38.5 Å². The molecule has 10 aromatic rings. The van der Waals surface area contributed by atoms with Crippen molar-refractivity contribution < 1.29 is 4.42 Å². The summed E-state index contributed by atoms with van der Waals surface area (Å²) in [5, 5.41) is 4.64. The van der Waals surface area contributed by atoms with Gasteiger partial charge in [0.05, 0.1) is 22.4 Å². The number of benzene rings is 8. The molecule has 0 aliphatic carbocycles. The van der Waals surface area contributed by atoms with Gasteiger partial charge in [-0.1, -0.05) is 146 Å². The normalized spacial score (nSPS) is 11.5. The Balaban J connectivity index is 1.29. The van der Waals surface area contributed by atoms with Gasteiger partial charge in [0.15, 0.2) is 5.58 Å². The van der Waals surface area contributed by atoms with Crippen molar-refractivity contribution in [1.29, 1.82) is 0 Å².